The van der Waals surface area contributed by atoms with Gasteiger partial charge >= 0.3 is 0 Å². The Morgan fingerprint density at radius 1 is 1.25 bits per heavy atom. The van der Waals surface area contributed by atoms with Gasteiger partial charge in [0, 0.05) is 37.2 Å². The molecule has 24 heavy (non-hydrogen) atoms. The van der Waals surface area contributed by atoms with Crippen LogP contribution < -0.4 is 5.32 Å². The maximum Gasteiger partial charge on any atom is 0.236 e. The van der Waals surface area contributed by atoms with E-state index in [-0.39, 0.29) is 30.3 Å². The summed E-state index contributed by atoms with van der Waals surface area (Å²) in [4.78, 5) is 28.4. The zero-order valence-electron chi connectivity index (χ0n) is 13.5. The number of piperidine rings is 1. The van der Waals surface area contributed by atoms with E-state index in [4.69, 9.17) is 11.6 Å². The minimum Gasteiger partial charge on any atom is -0.340 e. The highest BCUT2D eigenvalue weighted by Gasteiger charge is 2.31. The lowest BCUT2D eigenvalue weighted by molar-refractivity contribution is -0.140. The van der Waals surface area contributed by atoms with Gasteiger partial charge in [0.15, 0.2) is 0 Å². The first-order chi connectivity index (χ1) is 11.1. The van der Waals surface area contributed by atoms with Crippen molar-refractivity contribution in [3.05, 3.63) is 34.9 Å². The molecular formula is C17H23Cl2N3O2. The Labute approximate surface area is 153 Å². The van der Waals surface area contributed by atoms with E-state index in [1.54, 1.807) is 0 Å². The number of halogens is 2. The van der Waals surface area contributed by atoms with Gasteiger partial charge in [-0.2, -0.15) is 0 Å². The van der Waals surface area contributed by atoms with Crippen LogP contribution in [0.4, 0.5) is 0 Å². The van der Waals surface area contributed by atoms with Gasteiger partial charge in [0.2, 0.25) is 11.8 Å². The summed E-state index contributed by atoms with van der Waals surface area (Å²) in [5.41, 5.74) is 0.972. The Morgan fingerprint density at radius 2 is 2.00 bits per heavy atom. The maximum absolute atomic E-state index is 12.5. The molecule has 1 N–H and O–H groups in total. The number of hydrogen-bond acceptors (Lipinski definition) is 3. The summed E-state index contributed by atoms with van der Waals surface area (Å²) in [6, 6.07) is 7.56. The third-order valence-electron chi connectivity index (χ3n) is 4.58. The summed E-state index contributed by atoms with van der Waals surface area (Å²) in [5.74, 6) is 0.271. The Morgan fingerprint density at radius 3 is 2.71 bits per heavy atom. The van der Waals surface area contributed by atoms with Crippen LogP contribution in [0.2, 0.25) is 5.02 Å². The van der Waals surface area contributed by atoms with Crippen LogP contribution in [0.25, 0.3) is 0 Å². The van der Waals surface area contributed by atoms with Crippen LogP contribution in [0.5, 0.6) is 0 Å². The first-order valence-electron chi connectivity index (χ1n) is 8.16. The van der Waals surface area contributed by atoms with E-state index in [9.17, 15) is 9.59 Å². The second-order valence-corrected chi connectivity index (χ2v) is 6.64. The fourth-order valence-corrected chi connectivity index (χ4v) is 3.46. The Hall–Kier alpha value is -1.30. The molecule has 5 nitrogen and oxygen atoms in total. The van der Waals surface area contributed by atoms with Crippen molar-refractivity contribution in [1.29, 1.82) is 0 Å². The van der Waals surface area contributed by atoms with Crippen LogP contribution in [-0.2, 0) is 16.0 Å². The molecule has 2 heterocycles. The van der Waals surface area contributed by atoms with Crippen LogP contribution in [0.1, 0.15) is 18.4 Å². The molecule has 0 saturated carbocycles. The minimum absolute atomic E-state index is 0. The van der Waals surface area contributed by atoms with Crippen LogP contribution >= 0.6 is 24.0 Å². The molecule has 7 heteroatoms. The number of benzene rings is 1. The van der Waals surface area contributed by atoms with Gasteiger partial charge in [-0.3, -0.25) is 9.59 Å². The number of nitrogens with one attached hydrogen (secondary N) is 1. The number of likely N-dealkylation sites (tertiary alicyclic amines) is 1. The van der Waals surface area contributed by atoms with Crippen LogP contribution in [0.3, 0.4) is 0 Å². The zero-order chi connectivity index (χ0) is 16.2. The van der Waals surface area contributed by atoms with Crippen molar-refractivity contribution in [2.45, 2.75) is 25.3 Å². The first kappa shape index (κ1) is 19.0. The molecule has 0 aromatic heterocycles. The van der Waals surface area contributed by atoms with E-state index in [0.717, 1.165) is 38.0 Å². The highest BCUT2D eigenvalue weighted by molar-refractivity contribution is 6.30. The number of carbonyl (C=O) groups excluding carboxylic acids is 2. The number of rotatable bonds is 3. The second kappa shape index (κ2) is 8.70. The lowest BCUT2D eigenvalue weighted by Crippen LogP contribution is -2.57. The molecule has 0 bridgehead atoms. The fraction of sp³-hybridized carbons (Fsp3) is 0.529. The van der Waals surface area contributed by atoms with Gasteiger partial charge in [-0.1, -0.05) is 23.7 Å². The summed E-state index contributed by atoms with van der Waals surface area (Å²) in [7, 11) is 0. The monoisotopic (exact) mass is 371 g/mol. The topological polar surface area (TPSA) is 52.7 Å². The average molecular weight is 372 g/mol. The van der Waals surface area contributed by atoms with Crippen LogP contribution in [0, 0.1) is 0 Å². The molecule has 1 aromatic rings. The van der Waals surface area contributed by atoms with Gasteiger partial charge in [-0.05, 0) is 30.5 Å². The van der Waals surface area contributed by atoms with Crippen LogP contribution in [-0.4, -0.2) is 60.4 Å². The highest BCUT2D eigenvalue weighted by Crippen LogP contribution is 2.18. The summed E-state index contributed by atoms with van der Waals surface area (Å²) in [6.07, 6.45) is 2.32. The van der Waals surface area contributed by atoms with E-state index in [1.165, 1.54) is 0 Å². The molecule has 3 rings (SSSR count). The molecule has 132 valence electrons. The van der Waals surface area contributed by atoms with E-state index < -0.39 is 0 Å². The summed E-state index contributed by atoms with van der Waals surface area (Å²) >= 11 is 5.88. The molecule has 2 aliphatic rings. The van der Waals surface area contributed by atoms with Crippen molar-refractivity contribution in [2.24, 2.45) is 0 Å². The van der Waals surface area contributed by atoms with Crippen molar-refractivity contribution in [3.8, 4) is 0 Å². The number of hydrogen-bond donors (Lipinski definition) is 1. The SMILES string of the molecule is Cl.O=C(Cc1ccc(Cl)cc1)N1CCCC(N2CCNCC2=O)C1. The molecule has 0 aliphatic carbocycles. The van der Waals surface area contributed by atoms with Crippen LogP contribution in [0.15, 0.2) is 24.3 Å². The van der Waals surface area contributed by atoms with Gasteiger partial charge in [0.25, 0.3) is 0 Å². The van der Waals surface area contributed by atoms with Crippen molar-refractivity contribution >= 4 is 35.8 Å². The third-order valence-corrected chi connectivity index (χ3v) is 4.84. The molecular weight excluding hydrogens is 349 g/mol. The third kappa shape index (κ3) is 4.62. The Kier molecular flexibility index (Phi) is 6.90. The van der Waals surface area contributed by atoms with E-state index in [0.29, 0.717) is 24.5 Å². The largest absolute Gasteiger partial charge is 0.340 e. The Bertz CT molecular complexity index is 580. The molecule has 1 unspecified atom stereocenters. The van der Waals surface area contributed by atoms with Gasteiger partial charge in [0.1, 0.15) is 0 Å². The smallest absolute Gasteiger partial charge is 0.236 e. The molecule has 0 spiro atoms. The van der Waals surface area contributed by atoms with E-state index in [1.807, 2.05) is 34.1 Å². The van der Waals surface area contributed by atoms with Gasteiger partial charge in [-0.15, -0.1) is 12.4 Å². The molecule has 2 saturated heterocycles. The lowest BCUT2D eigenvalue weighted by atomic mass is 10.0. The van der Waals surface area contributed by atoms with Crippen molar-refractivity contribution < 1.29 is 9.59 Å². The van der Waals surface area contributed by atoms with Gasteiger partial charge < -0.3 is 15.1 Å². The summed E-state index contributed by atoms with van der Waals surface area (Å²) in [5, 5.41) is 3.77. The lowest BCUT2D eigenvalue weighted by Gasteiger charge is -2.41. The van der Waals surface area contributed by atoms with E-state index in [2.05, 4.69) is 5.32 Å². The maximum atomic E-state index is 12.5. The van der Waals surface area contributed by atoms with Gasteiger partial charge in [-0.25, -0.2) is 0 Å². The quantitative estimate of drug-likeness (QED) is 0.879. The molecule has 2 amide bonds. The number of nitrogens with zero attached hydrogens (tertiary/aromatic N) is 2. The first-order valence-corrected chi connectivity index (χ1v) is 8.53. The normalized spacial score (nSPS) is 21.4. The molecule has 1 atom stereocenters. The summed E-state index contributed by atoms with van der Waals surface area (Å²) in [6.45, 7) is 3.42. The molecule has 2 aliphatic heterocycles. The number of carbonyl (C=O) groups is 2. The average Bonchev–Trinajstić information content (AvgIpc) is 2.57. The second-order valence-electron chi connectivity index (χ2n) is 6.20. The fourth-order valence-electron chi connectivity index (χ4n) is 3.33. The van der Waals surface area contributed by atoms with Crippen molar-refractivity contribution in [2.75, 3.05) is 32.7 Å². The predicted octanol–water partition coefficient (Wildman–Crippen LogP) is 1.73. The molecule has 0 radical (unpaired) electrons. The predicted molar refractivity (Wildman–Crippen MR) is 96.6 cm³/mol. The van der Waals surface area contributed by atoms with Crippen molar-refractivity contribution in [1.82, 2.24) is 15.1 Å². The molecule has 2 fully saturated rings. The van der Waals surface area contributed by atoms with Crippen molar-refractivity contribution in [3.63, 3.8) is 0 Å². The minimum atomic E-state index is 0. The summed E-state index contributed by atoms with van der Waals surface area (Å²) < 4.78 is 0. The standard InChI is InChI=1S/C17H22ClN3O2.ClH/c18-14-5-3-13(4-6-14)10-16(22)20-8-1-2-15(12-20)21-9-7-19-11-17(21)23;/h3-6,15,19H,1-2,7-12H2;1H. The van der Waals surface area contributed by atoms with Gasteiger partial charge in [0.05, 0.1) is 13.0 Å². The van der Waals surface area contributed by atoms with E-state index >= 15 is 0 Å². The zero-order valence-corrected chi connectivity index (χ0v) is 15.1. The highest BCUT2D eigenvalue weighted by atomic mass is 35.5. The number of amides is 2. The number of piperazine rings is 1. The molecule has 1 aromatic carbocycles. The Balaban J connectivity index is 0.00000208.